The van der Waals surface area contributed by atoms with E-state index in [1.54, 1.807) is 33.3 Å². The van der Waals surface area contributed by atoms with Crippen LogP contribution in [0.4, 0.5) is 4.79 Å². The zero-order valence-electron chi connectivity index (χ0n) is 12.1. The molecule has 0 fully saturated rings. The van der Waals surface area contributed by atoms with Gasteiger partial charge in [0.15, 0.2) is 0 Å². The van der Waals surface area contributed by atoms with Gasteiger partial charge in [0.2, 0.25) is 0 Å². The van der Waals surface area contributed by atoms with Crippen molar-refractivity contribution in [3.05, 3.63) is 24.6 Å². The van der Waals surface area contributed by atoms with Crippen LogP contribution in [0.3, 0.4) is 0 Å². The van der Waals surface area contributed by atoms with E-state index in [9.17, 15) is 4.79 Å². The molecule has 0 rings (SSSR count). The Bertz CT molecular complexity index is 365. The highest BCUT2D eigenvalue weighted by molar-refractivity contribution is 5.96. The number of amidine groups is 1. The molecule has 0 saturated carbocycles. The summed E-state index contributed by atoms with van der Waals surface area (Å²) >= 11 is 0. The molecule has 0 unspecified atom stereocenters. The molecule has 18 heavy (non-hydrogen) atoms. The molecule has 102 valence electrons. The van der Waals surface area contributed by atoms with E-state index in [2.05, 4.69) is 16.9 Å². The molecule has 0 aliphatic rings. The van der Waals surface area contributed by atoms with Crippen LogP contribution in [0.1, 0.15) is 27.7 Å². The van der Waals surface area contributed by atoms with Crippen LogP contribution in [0, 0.1) is 0 Å². The maximum Gasteiger partial charge on any atom is 0.420 e. The summed E-state index contributed by atoms with van der Waals surface area (Å²) in [6, 6.07) is 0. The fourth-order valence-corrected chi connectivity index (χ4v) is 1.12. The number of hydrogen-bond acceptors (Lipinski definition) is 4. The largest absolute Gasteiger partial charge is 0.443 e. The summed E-state index contributed by atoms with van der Waals surface area (Å²) in [5.41, 5.74) is -0.0715. The zero-order chi connectivity index (χ0) is 14.3. The highest BCUT2D eigenvalue weighted by atomic mass is 16.6. The first-order valence-electron chi connectivity index (χ1n) is 5.72. The quantitative estimate of drug-likeness (QED) is 0.477. The van der Waals surface area contributed by atoms with Crippen LogP contribution in [-0.4, -0.2) is 36.5 Å². The van der Waals surface area contributed by atoms with E-state index < -0.39 is 11.7 Å². The number of hydrogen-bond donors (Lipinski definition) is 1. The van der Waals surface area contributed by atoms with Gasteiger partial charge < -0.3 is 10.1 Å². The lowest BCUT2D eigenvalue weighted by Gasteiger charge is -2.27. The third-order valence-corrected chi connectivity index (χ3v) is 1.95. The average molecular weight is 253 g/mol. The van der Waals surface area contributed by atoms with Crippen LogP contribution in [0.5, 0.6) is 0 Å². The molecule has 0 heterocycles. The van der Waals surface area contributed by atoms with Crippen molar-refractivity contribution in [1.29, 1.82) is 0 Å². The van der Waals surface area contributed by atoms with Gasteiger partial charge in [-0.1, -0.05) is 6.58 Å². The van der Waals surface area contributed by atoms with Gasteiger partial charge in [-0.05, 0) is 40.0 Å². The standard InChI is InChI=1S/C13H23N3O2/c1-10(8-9-14-6)16(11(2)15-7)12(17)18-13(3,4)5/h8-9,14H,1H2,2-7H3/b9-8-,15-11+. The highest BCUT2D eigenvalue weighted by Gasteiger charge is 2.24. The third-order valence-electron chi connectivity index (χ3n) is 1.95. The number of carbonyl (C=O) groups excluding carboxylic acids is 1. The summed E-state index contributed by atoms with van der Waals surface area (Å²) in [7, 11) is 3.38. The van der Waals surface area contributed by atoms with Crippen molar-refractivity contribution in [2.75, 3.05) is 14.1 Å². The zero-order valence-corrected chi connectivity index (χ0v) is 12.1. The Labute approximate surface area is 109 Å². The third kappa shape index (κ3) is 5.52. The summed E-state index contributed by atoms with van der Waals surface area (Å²) < 4.78 is 5.31. The smallest absolute Gasteiger partial charge is 0.420 e. The molecule has 0 atom stereocenters. The number of nitrogens with one attached hydrogen (secondary N) is 1. The maximum absolute atomic E-state index is 12.1. The topological polar surface area (TPSA) is 53.9 Å². The lowest BCUT2D eigenvalue weighted by Crippen LogP contribution is -2.38. The molecule has 0 aromatic carbocycles. The van der Waals surface area contributed by atoms with Crippen LogP contribution in [0.15, 0.2) is 29.5 Å². The predicted molar refractivity (Wildman–Crippen MR) is 74.4 cm³/mol. The van der Waals surface area contributed by atoms with Crippen molar-refractivity contribution in [2.45, 2.75) is 33.3 Å². The van der Waals surface area contributed by atoms with Crippen LogP contribution in [0.2, 0.25) is 0 Å². The van der Waals surface area contributed by atoms with Crippen LogP contribution in [0.25, 0.3) is 0 Å². The minimum atomic E-state index is -0.559. The summed E-state index contributed by atoms with van der Waals surface area (Å²) in [5, 5.41) is 2.84. The Morgan fingerprint density at radius 1 is 1.44 bits per heavy atom. The number of nitrogens with zero attached hydrogens (tertiary/aromatic N) is 2. The predicted octanol–water partition coefficient (Wildman–Crippen LogP) is 2.52. The number of ether oxygens (including phenoxy) is 1. The van der Waals surface area contributed by atoms with E-state index in [1.807, 2.05) is 20.8 Å². The van der Waals surface area contributed by atoms with Gasteiger partial charge in [0, 0.05) is 19.8 Å². The van der Waals surface area contributed by atoms with Crippen molar-refractivity contribution in [2.24, 2.45) is 4.99 Å². The molecular weight excluding hydrogens is 230 g/mol. The number of rotatable bonds is 3. The normalized spacial score (nSPS) is 12.4. The molecule has 1 N–H and O–H groups in total. The minimum absolute atomic E-state index is 0.488. The number of amides is 1. The van der Waals surface area contributed by atoms with Gasteiger partial charge in [0.25, 0.3) is 0 Å². The fraction of sp³-hybridized carbons (Fsp3) is 0.538. The van der Waals surface area contributed by atoms with Crippen molar-refractivity contribution < 1.29 is 9.53 Å². The van der Waals surface area contributed by atoms with Crippen LogP contribution in [-0.2, 0) is 4.74 Å². The van der Waals surface area contributed by atoms with Gasteiger partial charge in [-0.2, -0.15) is 0 Å². The van der Waals surface area contributed by atoms with Crippen molar-refractivity contribution in [3.8, 4) is 0 Å². The molecule has 5 nitrogen and oxygen atoms in total. The molecule has 0 spiro atoms. The highest BCUT2D eigenvalue weighted by Crippen LogP contribution is 2.14. The second kappa shape index (κ2) is 6.83. The first-order chi connectivity index (χ1) is 8.22. The van der Waals surface area contributed by atoms with E-state index in [1.165, 1.54) is 4.90 Å². The van der Waals surface area contributed by atoms with E-state index >= 15 is 0 Å². The Balaban J connectivity index is 5.08. The Kier molecular flexibility index (Phi) is 6.16. The maximum atomic E-state index is 12.1. The molecule has 0 aliphatic heterocycles. The lowest BCUT2D eigenvalue weighted by molar-refractivity contribution is 0.0416. The van der Waals surface area contributed by atoms with E-state index in [4.69, 9.17) is 4.74 Å². The van der Waals surface area contributed by atoms with Crippen LogP contribution >= 0.6 is 0 Å². The first-order valence-corrected chi connectivity index (χ1v) is 5.72. The van der Waals surface area contributed by atoms with E-state index in [0.717, 1.165) is 0 Å². The first kappa shape index (κ1) is 16.2. The molecule has 1 amide bonds. The Morgan fingerprint density at radius 3 is 2.39 bits per heavy atom. The number of carbonyl (C=O) groups is 1. The van der Waals surface area contributed by atoms with E-state index in [0.29, 0.717) is 11.5 Å². The van der Waals surface area contributed by atoms with Gasteiger partial charge in [-0.3, -0.25) is 4.99 Å². The van der Waals surface area contributed by atoms with Crippen LogP contribution < -0.4 is 5.32 Å². The van der Waals surface area contributed by atoms with Crippen molar-refractivity contribution >= 4 is 11.9 Å². The van der Waals surface area contributed by atoms with E-state index in [-0.39, 0.29) is 0 Å². The van der Waals surface area contributed by atoms with Crippen molar-refractivity contribution in [3.63, 3.8) is 0 Å². The second-order valence-corrected chi connectivity index (χ2v) is 4.70. The van der Waals surface area contributed by atoms with Gasteiger partial charge >= 0.3 is 6.09 Å². The molecule has 0 saturated heterocycles. The molecule has 0 aromatic rings. The molecule has 0 bridgehead atoms. The summed E-state index contributed by atoms with van der Waals surface area (Å²) in [5.74, 6) is 0.523. The van der Waals surface area contributed by atoms with Gasteiger partial charge in [-0.15, -0.1) is 0 Å². The minimum Gasteiger partial charge on any atom is -0.443 e. The average Bonchev–Trinajstić information content (AvgIpc) is 2.23. The summed E-state index contributed by atoms with van der Waals surface area (Å²) in [4.78, 5) is 17.4. The second-order valence-electron chi connectivity index (χ2n) is 4.70. The monoisotopic (exact) mass is 253 g/mol. The van der Waals surface area contributed by atoms with Gasteiger partial charge in [0.05, 0.1) is 0 Å². The number of allylic oxidation sites excluding steroid dienone is 1. The summed E-state index contributed by atoms with van der Waals surface area (Å²) in [6.07, 6.45) is 2.87. The summed E-state index contributed by atoms with van der Waals surface area (Å²) in [6.45, 7) is 11.0. The SMILES string of the molecule is C=C(/C=C\NC)N(C(=O)OC(C)(C)C)/C(C)=N/C. The molecule has 5 heteroatoms. The molecular formula is C13H23N3O2. The Morgan fingerprint density at radius 2 is 2.00 bits per heavy atom. The Hall–Kier alpha value is -1.78. The molecule has 0 radical (unpaired) electrons. The van der Waals surface area contributed by atoms with Gasteiger partial charge in [0.1, 0.15) is 11.4 Å². The number of aliphatic imine (C=N–C) groups is 1. The fourth-order valence-electron chi connectivity index (χ4n) is 1.12. The molecule has 0 aromatic heterocycles. The van der Waals surface area contributed by atoms with Crippen molar-refractivity contribution in [1.82, 2.24) is 10.2 Å². The molecule has 0 aliphatic carbocycles. The lowest BCUT2D eigenvalue weighted by atomic mass is 10.2. The van der Waals surface area contributed by atoms with Gasteiger partial charge in [-0.25, -0.2) is 9.69 Å².